The summed E-state index contributed by atoms with van der Waals surface area (Å²) in [6, 6.07) is 4.31. The van der Waals surface area contributed by atoms with Crippen molar-refractivity contribution < 1.29 is 14.0 Å². The Kier molecular flexibility index (Phi) is 6.60. The minimum absolute atomic E-state index is 0.0268. The van der Waals surface area contributed by atoms with E-state index in [4.69, 9.17) is 0 Å². The molecular weight excluding hydrogens is 398 g/mol. The van der Waals surface area contributed by atoms with E-state index >= 15 is 0 Å². The number of nitrogens with one attached hydrogen (secondary N) is 2. The Morgan fingerprint density at radius 2 is 1.95 bits per heavy atom. The number of amides is 2. The van der Waals surface area contributed by atoms with Crippen LogP contribution in [0, 0.1) is 9.39 Å². The molecule has 2 amide bonds. The molecule has 1 fully saturated rings. The second kappa shape index (κ2) is 8.45. The Bertz CT molecular complexity index is 545. The standard InChI is InChI=1S/C16H20FIN2O2/c17-11-6-7-13(14(18)10-11)16(22)19-9-8-15(21)20-12-4-2-1-3-5-12/h6-7,10,12H,1-5,8-9H2,(H,19,22)(H,20,21). The first-order valence-corrected chi connectivity index (χ1v) is 8.67. The number of rotatable bonds is 5. The summed E-state index contributed by atoms with van der Waals surface area (Å²) in [7, 11) is 0. The van der Waals surface area contributed by atoms with E-state index in [-0.39, 0.29) is 36.6 Å². The SMILES string of the molecule is O=C(CCNC(=O)c1ccc(F)cc1I)NC1CCCCC1. The number of halogens is 2. The Labute approximate surface area is 143 Å². The largest absolute Gasteiger partial charge is 0.353 e. The third kappa shape index (κ3) is 5.23. The molecular formula is C16H20FIN2O2. The first kappa shape index (κ1) is 17.2. The molecule has 1 aliphatic rings. The maximum Gasteiger partial charge on any atom is 0.252 e. The maximum absolute atomic E-state index is 13.0. The van der Waals surface area contributed by atoms with Crippen LogP contribution in [0.4, 0.5) is 4.39 Å². The van der Waals surface area contributed by atoms with Gasteiger partial charge in [0.2, 0.25) is 5.91 Å². The Balaban J connectivity index is 1.73. The van der Waals surface area contributed by atoms with Crippen molar-refractivity contribution in [3.8, 4) is 0 Å². The highest BCUT2D eigenvalue weighted by molar-refractivity contribution is 14.1. The fourth-order valence-corrected chi connectivity index (χ4v) is 3.33. The van der Waals surface area contributed by atoms with Gasteiger partial charge in [0.25, 0.3) is 5.91 Å². The van der Waals surface area contributed by atoms with E-state index in [2.05, 4.69) is 10.6 Å². The molecule has 0 unspecified atom stereocenters. The monoisotopic (exact) mass is 418 g/mol. The predicted molar refractivity (Wildman–Crippen MR) is 91.1 cm³/mol. The highest BCUT2D eigenvalue weighted by Crippen LogP contribution is 2.17. The van der Waals surface area contributed by atoms with Gasteiger partial charge < -0.3 is 10.6 Å². The zero-order valence-corrected chi connectivity index (χ0v) is 14.5. The topological polar surface area (TPSA) is 58.2 Å². The minimum atomic E-state index is -0.368. The van der Waals surface area contributed by atoms with Gasteiger partial charge in [0.1, 0.15) is 5.82 Å². The highest BCUT2D eigenvalue weighted by Gasteiger charge is 2.16. The molecule has 1 saturated carbocycles. The second-order valence-corrected chi connectivity index (χ2v) is 6.69. The van der Waals surface area contributed by atoms with Gasteiger partial charge in [-0.2, -0.15) is 0 Å². The molecule has 0 radical (unpaired) electrons. The van der Waals surface area contributed by atoms with E-state index in [9.17, 15) is 14.0 Å². The van der Waals surface area contributed by atoms with Crippen molar-refractivity contribution in [1.29, 1.82) is 0 Å². The zero-order valence-electron chi connectivity index (χ0n) is 12.3. The second-order valence-electron chi connectivity index (χ2n) is 5.53. The lowest BCUT2D eigenvalue weighted by molar-refractivity contribution is -0.121. The third-order valence-electron chi connectivity index (χ3n) is 3.78. The van der Waals surface area contributed by atoms with Crippen LogP contribution in [0.2, 0.25) is 0 Å². The normalized spacial score (nSPS) is 15.4. The summed E-state index contributed by atoms with van der Waals surface area (Å²) in [5.41, 5.74) is 0.426. The lowest BCUT2D eigenvalue weighted by Crippen LogP contribution is -2.38. The Hall–Kier alpha value is -1.18. The fraction of sp³-hybridized carbons (Fsp3) is 0.500. The van der Waals surface area contributed by atoms with Crippen LogP contribution in [0.15, 0.2) is 18.2 Å². The molecule has 0 bridgehead atoms. The highest BCUT2D eigenvalue weighted by atomic mass is 127. The van der Waals surface area contributed by atoms with E-state index in [1.807, 2.05) is 22.6 Å². The maximum atomic E-state index is 13.0. The lowest BCUT2D eigenvalue weighted by atomic mass is 9.95. The summed E-state index contributed by atoms with van der Waals surface area (Å²) in [4.78, 5) is 23.8. The number of hydrogen-bond donors (Lipinski definition) is 2. The van der Waals surface area contributed by atoms with Crippen molar-refractivity contribution >= 4 is 34.4 Å². The number of carbonyl (C=O) groups excluding carboxylic acids is 2. The molecule has 0 aromatic heterocycles. The van der Waals surface area contributed by atoms with Gasteiger partial charge in [-0.05, 0) is 53.6 Å². The molecule has 120 valence electrons. The van der Waals surface area contributed by atoms with Gasteiger partial charge in [0.15, 0.2) is 0 Å². The number of hydrogen-bond acceptors (Lipinski definition) is 2. The van der Waals surface area contributed by atoms with E-state index < -0.39 is 0 Å². The van der Waals surface area contributed by atoms with Gasteiger partial charge in [0.05, 0.1) is 5.56 Å². The summed E-state index contributed by atoms with van der Waals surface area (Å²) >= 11 is 1.92. The molecule has 1 aromatic rings. The molecule has 1 aliphatic carbocycles. The first-order chi connectivity index (χ1) is 10.6. The van der Waals surface area contributed by atoms with Crippen molar-refractivity contribution in [2.45, 2.75) is 44.6 Å². The summed E-state index contributed by atoms with van der Waals surface area (Å²) in [6.07, 6.45) is 5.95. The van der Waals surface area contributed by atoms with Crippen LogP contribution in [-0.2, 0) is 4.79 Å². The first-order valence-electron chi connectivity index (χ1n) is 7.59. The van der Waals surface area contributed by atoms with Crippen LogP contribution >= 0.6 is 22.6 Å². The zero-order chi connectivity index (χ0) is 15.9. The van der Waals surface area contributed by atoms with E-state index in [1.54, 1.807) is 0 Å². The molecule has 22 heavy (non-hydrogen) atoms. The van der Waals surface area contributed by atoms with E-state index in [0.717, 1.165) is 12.8 Å². The molecule has 2 N–H and O–H groups in total. The molecule has 0 atom stereocenters. The van der Waals surface area contributed by atoms with Gasteiger partial charge in [-0.25, -0.2) is 4.39 Å². The molecule has 0 saturated heterocycles. The number of carbonyl (C=O) groups is 2. The van der Waals surface area contributed by atoms with Gasteiger partial charge in [-0.3, -0.25) is 9.59 Å². The summed E-state index contributed by atoms with van der Waals surface area (Å²) in [6.45, 7) is 0.283. The minimum Gasteiger partial charge on any atom is -0.353 e. The van der Waals surface area contributed by atoms with Gasteiger partial charge >= 0.3 is 0 Å². The van der Waals surface area contributed by atoms with Crippen molar-refractivity contribution in [2.75, 3.05) is 6.54 Å². The van der Waals surface area contributed by atoms with Crippen LogP contribution in [0.3, 0.4) is 0 Å². The van der Waals surface area contributed by atoms with Gasteiger partial charge in [-0.15, -0.1) is 0 Å². The quantitative estimate of drug-likeness (QED) is 0.723. The predicted octanol–water partition coefficient (Wildman–Crippen LogP) is 3.00. The van der Waals surface area contributed by atoms with Crippen LogP contribution in [-0.4, -0.2) is 24.4 Å². The van der Waals surface area contributed by atoms with Crippen LogP contribution in [0.25, 0.3) is 0 Å². The average molecular weight is 418 g/mol. The molecule has 2 rings (SSSR count). The average Bonchev–Trinajstić information content (AvgIpc) is 2.48. The smallest absolute Gasteiger partial charge is 0.252 e. The van der Waals surface area contributed by atoms with Gasteiger partial charge in [-0.1, -0.05) is 19.3 Å². The number of benzene rings is 1. The van der Waals surface area contributed by atoms with Crippen molar-refractivity contribution in [1.82, 2.24) is 10.6 Å². The summed E-state index contributed by atoms with van der Waals surface area (Å²) in [5.74, 6) is -0.677. The molecule has 0 heterocycles. The van der Waals surface area contributed by atoms with Crippen molar-refractivity contribution in [2.24, 2.45) is 0 Å². The van der Waals surface area contributed by atoms with Crippen LogP contribution in [0.1, 0.15) is 48.9 Å². The van der Waals surface area contributed by atoms with Crippen molar-refractivity contribution in [3.05, 3.63) is 33.1 Å². The lowest BCUT2D eigenvalue weighted by Gasteiger charge is -2.22. The molecule has 4 nitrogen and oxygen atoms in total. The Morgan fingerprint density at radius 1 is 1.23 bits per heavy atom. The third-order valence-corrected chi connectivity index (χ3v) is 4.68. The Morgan fingerprint density at radius 3 is 2.64 bits per heavy atom. The van der Waals surface area contributed by atoms with E-state index in [1.165, 1.54) is 37.5 Å². The van der Waals surface area contributed by atoms with E-state index in [0.29, 0.717) is 9.13 Å². The molecule has 0 spiro atoms. The molecule has 6 heteroatoms. The fourth-order valence-electron chi connectivity index (χ4n) is 2.61. The summed E-state index contributed by atoms with van der Waals surface area (Å²) < 4.78 is 13.6. The molecule has 1 aromatic carbocycles. The van der Waals surface area contributed by atoms with Crippen molar-refractivity contribution in [3.63, 3.8) is 0 Å². The van der Waals surface area contributed by atoms with Crippen LogP contribution in [0.5, 0.6) is 0 Å². The summed E-state index contributed by atoms with van der Waals surface area (Å²) in [5, 5.41) is 5.71. The van der Waals surface area contributed by atoms with Crippen LogP contribution < -0.4 is 10.6 Å². The molecule has 0 aliphatic heterocycles. The van der Waals surface area contributed by atoms with Gasteiger partial charge in [0, 0.05) is 22.6 Å².